The van der Waals surface area contributed by atoms with Crippen molar-refractivity contribution in [2.24, 2.45) is 0 Å². The number of anilines is 2. The lowest BCUT2D eigenvalue weighted by molar-refractivity contribution is 0.286. The van der Waals surface area contributed by atoms with Crippen molar-refractivity contribution in [3.8, 4) is 28.8 Å². The summed E-state index contributed by atoms with van der Waals surface area (Å²) in [4.78, 5) is 8.05. The molecule has 0 unspecified atom stereocenters. The lowest BCUT2D eigenvalue weighted by Crippen LogP contribution is -2.07. The second-order valence-corrected chi connectivity index (χ2v) is 5.55. The third-order valence-electron chi connectivity index (χ3n) is 3.76. The van der Waals surface area contributed by atoms with Gasteiger partial charge in [-0.05, 0) is 18.6 Å². The summed E-state index contributed by atoms with van der Waals surface area (Å²) in [5, 5.41) is 9.42. The number of hydrogen-bond acceptors (Lipinski definition) is 7. The van der Waals surface area contributed by atoms with Crippen LogP contribution in [0, 0.1) is 11.3 Å². The molecule has 0 aliphatic heterocycles. The summed E-state index contributed by atoms with van der Waals surface area (Å²) in [5.74, 6) is 1.13. The molecule has 7 heteroatoms. The second kappa shape index (κ2) is 8.73. The molecule has 132 valence electrons. The normalized spacial score (nSPS) is 10.3. The van der Waals surface area contributed by atoms with Gasteiger partial charge in [-0.3, -0.25) is 0 Å². The van der Waals surface area contributed by atoms with E-state index in [1.165, 1.54) is 6.42 Å². The summed E-state index contributed by atoms with van der Waals surface area (Å²) >= 11 is 0. The van der Waals surface area contributed by atoms with Gasteiger partial charge in [0.25, 0.3) is 0 Å². The minimum Gasteiger partial charge on any atom is -0.493 e. The van der Waals surface area contributed by atoms with Gasteiger partial charge in [0.2, 0.25) is 5.95 Å². The Morgan fingerprint density at radius 1 is 1.16 bits per heavy atom. The van der Waals surface area contributed by atoms with E-state index >= 15 is 0 Å². The molecule has 4 N–H and O–H groups in total. The van der Waals surface area contributed by atoms with Crippen molar-refractivity contribution >= 4 is 11.8 Å². The van der Waals surface area contributed by atoms with Crippen LogP contribution in [0.2, 0.25) is 0 Å². The average Bonchev–Trinajstić information content (AvgIpc) is 2.60. The first-order valence-corrected chi connectivity index (χ1v) is 8.25. The number of aromatic nitrogens is 2. The van der Waals surface area contributed by atoms with Gasteiger partial charge >= 0.3 is 0 Å². The summed E-state index contributed by atoms with van der Waals surface area (Å²) < 4.78 is 11.4. The van der Waals surface area contributed by atoms with E-state index in [-0.39, 0.29) is 17.3 Å². The smallest absolute Gasteiger partial charge is 0.222 e. The Morgan fingerprint density at radius 3 is 2.64 bits per heavy atom. The molecule has 0 saturated carbocycles. The van der Waals surface area contributed by atoms with Crippen molar-refractivity contribution in [3.63, 3.8) is 0 Å². The van der Waals surface area contributed by atoms with E-state index in [9.17, 15) is 5.26 Å². The van der Waals surface area contributed by atoms with Crippen LogP contribution in [0.15, 0.2) is 18.2 Å². The zero-order valence-electron chi connectivity index (χ0n) is 14.6. The zero-order valence-corrected chi connectivity index (χ0v) is 14.6. The van der Waals surface area contributed by atoms with E-state index in [1.807, 2.05) is 6.07 Å². The molecule has 25 heavy (non-hydrogen) atoms. The third-order valence-corrected chi connectivity index (χ3v) is 3.76. The van der Waals surface area contributed by atoms with Crippen molar-refractivity contribution in [2.75, 3.05) is 25.2 Å². The molecule has 1 heterocycles. The van der Waals surface area contributed by atoms with Crippen LogP contribution in [-0.4, -0.2) is 23.7 Å². The topological polar surface area (TPSA) is 120 Å². The number of ether oxygens (including phenoxy) is 2. The largest absolute Gasteiger partial charge is 0.493 e. The molecule has 1 aromatic heterocycles. The maximum atomic E-state index is 9.42. The number of nitrogen functional groups attached to an aromatic ring is 2. The number of nitrogens with two attached hydrogens (primary N) is 2. The number of para-hydroxylation sites is 1. The number of unbranched alkanes of at least 4 members (excludes halogenated alkanes) is 3. The van der Waals surface area contributed by atoms with E-state index in [0.29, 0.717) is 29.4 Å². The average molecular weight is 341 g/mol. The van der Waals surface area contributed by atoms with Crippen LogP contribution >= 0.6 is 0 Å². The van der Waals surface area contributed by atoms with Crippen LogP contribution in [0.4, 0.5) is 11.8 Å². The van der Waals surface area contributed by atoms with Crippen LogP contribution in [-0.2, 0) is 0 Å². The van der Waals surface area contributed by atoms with Crippen molar-refractivity contribution in [1.29, 1.82) is 5.26 Å². The van der Waals surface area contributed by atoms with E-state index in [0.717, 1.165) is 19.3 Å². The Morgan fingerprint density at radius 2 is 1.96 bits per heavy atom. The third kappa shape index (κ3) is 4.29. The number of rotatable bonds is 8. The molecule has 2 aromatic rings. The van der Waals surface area contributed by atoms with Gasteiger partial charge in [-0.15, -0.1) is 0 Å². The fourth-order valence-corrected chi connectivity index (χ4v) is 2.52. The van der Waals surface area contributed by atoms with Gasteiger partial charge in [-0.2, -0.15) is 10.2 Å². The highest BCUT2D eigenvalue weighted by Crippen LogP contribution is 2.39. The fraction of sp³-hybridized carbons (Fsp3) is 0.389. The summed E-state index contributed by atoms with van der Waals surface area (Å²) in [6.07, 6.45) is 4.35. The van der Waals surface area contributed by atoms with Crippen molar-refractivity contribution in [2.45, 2.75) is 32.6 Å². The molecular formula is C18H23N5O2. The van der Waals surface area contributed by atoms with Crippen LogP contribution < -0.4 is 20.9 Å². The highest BCUT2D eigenvalue weighted by atomic mass is 16.5. The molecular weight excluding hydrogens is 318 g/mol. The zero-order chi connectivity index (χ0) is 18.2. The quantitative estimate of drug-likeness (QED) is 0.707. The maximum Gasteiger partial charge on any atom is 0.222 e. The first kappa shape index (κ1) is 18.3. The van der Waals surface area contributed by atoms with Crippen LogP contribution in [0.25, 0.3) is 11.3 Å². The highest BCUT2D eigenvalue weighted by molar-refractivity contribution is 5.79. The monoisotopic (exact) mass is 341 g/mol. The minimum absolute atomic E-state index is 0.00298. The molecule has 2 rings (SSSR count). The van der Waals surface area contributed by atoms with E-state index < -0.39 is 0 Å². The van der Waals surface area contributed by atoms with Gasteiger partial charge in [0.15, 0.2) is 11.5 Å². The van der Waals surface area contributed by atoms with Gasteiger partial charge in [-0.25, -0.2) is 4.98 Å². The number of benzene rings is 1. The summed E-state index contributed by atoms with van der Waals surface area (Å²) in [5.41, 5.74) is 12.6. The number of hydrogen-bond donors (Lipinski definition) is 2. The van der Waals surface area contributed by atoms with E-state index in [1.54, 1.807) is 25.3 Å². The van der Waals surface area contributed by atoms with Gasteiger partial charge < -0.3 is 20.9 Å². The first-order chi connectivity index (χ1) is 12.1. The summed E-state index contributed by atoms with van der Waals surface area (Å²) in [7, 11) is 1.57. The minimum atomic E-state index is 0.00298. The predicted molar refractivity (Wildman–Crippen MR) is 97.2 cm³/mol. The number of nitrogens with zero attached hydrogens (tertiary/aromatic N) is 3. The van der Waals surface area contributed by atoms with Gasteiger partial charge in [0.1, 0.15) is 17.5 Å². The SMILES string of the molecule is CCCCCCOc1c(OC)cccc1-c1nc(N)nc(N)c1C#N. The van der Waals surface area contributed by atoms with Crippen molar-refractivity contribution in [1.82, 2.24) is 9.97 Å². The maximum absolute atomic E-state index is 9.42. The molecule has 0 amide bonds. The van der Waals surface area contributed by atoms with Crippen LogP contribution in [0.3, 0.4) is 0 Å². The Labute approximate surface area is 147 Å². The number of methoxy groups -OCH3 is 1. The fourth-order valence-electron chi connectivity index (χ4n) is 2.52. The van der Waals surface area contributed by atoms with Crippen LogP contribution in [0.5, 0.6) is 11.5 Å². The Balaban J connectivity index is 2.43. The molecule has 7 nitrogen and oxygen atoms in total. The first-order valence-electron chi connectivity index (χ1n) is 8.25. The molecule has 1 aromatic carbocycles. The van der Waals surface area contributed by atoms with Crippen molar-refractivity contribution < 1.29 is 9.47 Å². The second-order valence-electron chi connectivity index (χ2n) is 5.55. The highest BCUT2D eigenvalue weighted by Gasteiger charge is 2.19. The van der Waals surface area contributed by atoms with E-state index in [4.69, 9.17) is 20.9 Å². The number of nitriles is 1. The molecule has 0 saturated heterocycles. The molecule has 0 aliphatic rings. The Bertz CT molecular complexity index is 771. The van der Waals surface area contributed by atoms with Crippen molar-refractivity contribution in [3.05, 3.63) is 23.8 Å². The van der Waals surface area contributed by atoms with Gasteiger partial charge in [0.05, 0.1) is 19.4 Å². The lowest BCUT2D eigenvalue weighted by atomic mass is 10.1. The van der Waals surface area contributed by atoms with Gasteiger partial charge in [0, 0.05) is 5.56 Å². The predicted octanol–water partition coefficient (Wildman–Crippen LogP) is 3.15. The summed E-state index contributed by atoms with van der Waals surface area (Å²) in [6, 6.07) is 7.43. The molecule has 0 spiro atoms. The molecule has 0 aliphatic carbocycles. The Hall–Kier alpha value is -3.01. The molecule has 0 fully saturated rings. The van der Waals surface area contributed by atoms with Crippen LogP contribution in [0.1, 0.15) is 38.2 Å². The standard InChI is InChI=1S/C18H23N5O2/c1-3-4-5-6-10-25-16-12(8-7-9-14(16)24-2)15-13(11-19)17(20)23-18(21)22-15/h7-9H,3-6,10H2,1-2H3,(H4,20,21,22,23). The summed E-state index contributed by atoms with van der Waals surface area (Å²) in [6.45, 7) is 2.71. The molecule has 0 atom stereocenters. The lowest BCUT2D eigenvalue weighted by Gasteiger charge is -2.16. The van der Waals surface area contributed by atoms with E-state index in [2.05, 4.69) is 16.9 Å². The Kier molecular flexibility index (Phi) is 6.40. The molecule has 0 radical (unpaired) electrons. The van der Waals surface area contributed by atoms with Gasteiger partial charge in [-0.1, -0.05) is 32.3 Å². The molecule has 0 bridgehead atoms.